The van der Waals surface area contributed by atoms with Crippen LogP contribution in [0.15, 0.2) is 59.9 Å². The monoisotopic (exact) mass is 504 g/mol. The lowest BCUT2D eigenvalue weighted by Crippen LogP contribution is -2.38. The molecule has 11 nitrogen and oxygen atoms in total. The molecule has 6 rings (SSSR count). The number of allylic oxidation sites excluding steroid dienone is 4. The quantitative estimate of drug-likeness (QED) is 0.212. The molecule has 2 aromatic rings. The van der Waals surface area contributed by atoms with E-state index in [9.17, 15) is 24.5 Å². The average Bonchev–Trinajstić information content (AvgIpc) is 3.51. The SMILES string of the molecule is COC1=CC(C2c3cc4c(cc3[C@@H](Nc3ccc([N+](=O)[O-])cc3)C3COC(=O)[C@H]23)OCO4)=CC(=O)C1=O. The van der Waals surface area contributed by atoms with Crippen molar-refractivity contribution in [2.24, 2.45) is 11.8 Å². The number of methoxy groups -OCH3 is 1. The smallest absolute Gasteiger partial charge is 0.310 e. The van der Waals surface area contributed by atoms with Gasteiger partial charge in [-0.3, -0.25) is 24.5 Å². The van der Waals surface area contributed by atoms with Crippen LogP contribution >= 0.6 is 0 Å². The molecule has 4 aliphatic rings. The minimum absolute atomic E-state index is 0.0422. The molecule has 37 heavy (non-hydrogen) atoms. The number of fused-ring (bicyclic) bond motifs is 3. The number of ketones is 2. The Hall–Kier alpha value is -4.67. The molecule has 1 saturated heterocycles. The average molecular weight is 504 g/mol. The summed E-state index contributed by atoms with van der Waals surface area (Å²) in [6, 6.07) is 9.20. The van der Waals surface area contributed by atoms with Crippen LogP contribution in [-0.2, 0) is 23.9 Å². The number of non-ortho nitro benzene ring substituents is 1. The standard InChI is InChI=1S/C26H20N2O9/c1-34-21-7-12(6-18(29)25(21)30)22-15-8-19-20(37-11-36-19)9-16(15)24(17-10-35-26(31)23(17)22)27-13-2-4-14(5-3-13)28(32)33/h2-9,17,22-24,27H,10-11H2,1H3/t17?,22?,23-,24+/m0/s1. The first kappa shape index (κ1) is 22.8. The molecule has 188 valence electrons. The summed E-state index contributed by atoms with van der Waals surface area (Å²) in [6.07, 6.45) is 2.74. The van der Waals surface area contributed by atoms with E-state index in [0.717, 1.165) is 5.56 Å². The summed E-state index contributed by atoms with van der Waals surface area (Å²) in [5.74, 6) is -2.61. The summed E-state index contributed by atoms with van der Waals surface area (Å²) < 4.78 is 21.9. The summed E-state index contributed by atoms with van der Waals surface area (Å²) in [7, 11) is 1.31. The van der Waals surface area contributed by atoms with Gasteiger partial charge in [-0.25, -0.2) is 0 Å². The normalized spacial score (nSPS) is 25.5. The van der Waals surface area contributed by atoms with E-state index in [0.29, 0.717) is 28.3 Å². The van der Waals surface area contributed by atoms with Crippen LogP contribution in [0.1, 0.15) is 23.1 Å². The number of hydrogen-bond donors (Lipinski definition) is 1. The first-order chi connectivity index (χ1) is 17.9. The van der Waals surface area contributed by atoms with Crippen molar-refractivity contribution in [3.8, 4) is 11.5 Å². The van der Waals surface area contributed by atoms with Crippen LogP contribution in [-0.4, -0.2) is 43.0 Å². The molecule has 0 saturated carbocycles. The fraction of sp³-hybridized carbons (Fsp3) is 0.269. The molecule has 2 aromatic carbocycles. The van der Waals surface area contributed by atoms with Crippen LogP contribution in [0, 0.1) is 22.0 Å². The van der Waals surface area contributed by atoms with Gasteiger partial charge in [-0.1, -0.05) is 0 Å². The van der Waals surface area contributed by atoms with E-state index in [1.807, 2.05) is 6.07 Å². The highest BCUT2D eigenvalue weighted by Crippen LogP contribution is 2.55. The minimum Gasteiger partial charge on any atom is -0.492 e. The van der Waals surface area contributed by atoms with E-state index >= 15 is 0 Å². The number of rotatable bonds is 5. The van der Waals surface area contributed by atoms with Crippen molar-refractivity contribution in [2.45, 2.75) is 12.0 Å². The number of cyclic esters (lactones) is 1. The maximum absolute atomic E-state index is 13.1. The van der Waals surface area contributed by atoms with E-state index in [4.69, 9.17) is 18.9 Å². The molecule has 11 heteroatoms. The zero-order valence-electron chi connectivity index (χ0n) is 19.5. The van der Waals surface area contributed by atoms with Crippen molar-refractivity contribution in [3.05, 3.63) is 81.1 Å². The fourth-order valence-electron chi connectivity index (χ4n) is 5.53. The van der Waals surface area contributed by atoms with Gasteiger partial charge in [-0.05, 0) is 53.1 Å². The zero-order chi connectivity index (χ0) is 25.8. The first-order valence-corrected chi connectivity index (χ1v) is 11.5. The molecule has 2 unspecified atom stereocenters. The number of benzene rings is 2. The predicted molar refractivity (Wildman–Crippen MR) is 126 cm³/mol. The van der Waals surface area contributed by atoms with Gasteiger partial charge in [0.25, 0.3) is 11.5 Å². The molecular weight excluding hydrogens is 484 g/mol. The summed E-state index contributed by atoms with van der Waals surface area (Å²) in [6.45, 7) is 0.168. The molecule has 0 amide bonds. The Labute approximate surface area is 209 Å². The second-order valence-corrected chi connectivity index (χ2v) is 9.11. The number of carbonyl (C=O) groups excluding carboxylic acids is 3. The van der Waals surface area contributed by atoms with E-state index in [-0.39, 0.29) is 30.8 Å². The number of nitrogens with one attached hydrogen (secondary N) is 1. The van der Waals surface area contributed by atoms with Gasteiger partial charge in [0.05, 0.1) is 30.6 Å². The lowest BCUT2D eigenvalue weighted by atomic mass is 9.64. The van der Waals surface area contributed by atoms with Gasteiger partial charge in [-0.2, -0.15) is 0 Å². The number of ether oxygens (including phenoxy) is 4. The number of carbonyl (C=O) groups is 3. The molecule has 0 radical (unpaired) electrons. The third-order valence-corrected chi connectivity index (χ3v) is 7.21. The van der Waals surface area contributed by atoms with E-state index in [2.05, 4.69) is 5.32 Å². The number of nitro groups is 1. The van der Waals surface area contributed by atoms with Crippen LogP contribution in [0.2, 0.25) is 0 Å². The van der Waals surface area contributed by atoms with Gasteiger partial charge >= 0.3 is 5.97 Å². The largest absolute Gasteiger partial charge is 0.492 e. The Kier molecular flexibility index (Phi) is 5.21. The van der Waals surface area contributed by atoms with Crippen molar-refractivity contribution in [2.75, 3.05) is 25.8 Å². The van der Waals surface area contributed by atoms with Crippen LogP contribution in [0.5, 0.6) is 11.5 Å². The van der Waals surface area contributed by atoms with Crippen LogP contribution in [0.4, 0.5) is 11.4 Å². The molecule has 1 fully saturated rings. The number of anilines is 1. The summed E-state index contributed by atoms with van der Waals surface area (Å²) in [5, 5.41) is 14.5. The molecule has 2 aliphatic heterocycles. The van der Waals surface area contributed by atoms with E-state index < -0.39 is 40.3 Å². The van der Waals surface area contributed by atoms with E-state index in [1.54, 1.807) is 18.2 Å². The molecule has 0 bridgehead atoms. The lowest BCUT2D eigenvalue weighted by Gasteiger charge is -2.40. The second kappa shape index (κ2) is 8.47. The van der Waals surface area contributed by atoms with E-state index in [1.165, 1.54) is 31.4 Å². The number of nitrogens with zero attached hydrogens (tertiary/aromatic N) is 1. The van der Waals surface area contributed by atoms with Crippen LogP contribution < -0.4 is 14.8 Å². The molecule has 2 aliphatic carbocycles. The lowest BCUT2D eigenvalue weighted by molar-refractivity contribution is -0.384. The van der Waals surface area contributed by atoms with Gasteiger partial charge in [0.1, 0.15) is 0 Å². The Morgan fingerprint density at radius 1 is 1.00 bits per heavy atom. The first-order valence-electron chi connectivity index (χ1n) is 11.5. The fourth-order valence-corrected chi connectivity index (χ4v) is 5.53. The van der Waals surface area contributed by atoms with Crippen molar-refractivity contribution in [1.29, 1.82) is 0 Å². The van der Waals surface area contributed by atoms with Crippen molar-refractivity contribution in [1.82, 2.24) is 0 Å². The number of Topliss-reactive ketones (excluding diaryl/α,β-unsaturated/α-hetero) is 1. The summed E-state index contributed by atoms with van der Waals surface area (Å²) in [4.78, 5) is 48.4. The Morgan fingerprint density at radius 3 is 2.38 bits per heavy atom. The van der Waals surface area contributed by atoms with Gasteiger partial charge in [0, 0.05) is 29.7 Å². The van der Waals surface area contributed by atoms with Gasteiger partial charge in [-0.15, -0.1) is 0 Å². The van der Waals surface area contributed by atoms with Crippen LogP contribution in [0.25, 0.3) is 0 Å². The molecule has 0 aromatic heterocycles. The predicted octanol–water partition coefficient (Wildman–Crippen LogP) is 2.97. The molecule has 4 atom stereocenters. The topological polar surface area (TPSA) is 143 Å². The molecule has 0 spiro atoms. The second-order valence-electron chi connectivity index (χ2n) is 9.11. The minimum atomic E-state index is -0.753. The summed E-state index contributed by atoms with van der Waals surface area (Å²) >= 11 is 0. The van der Waals surface area contributed by atoms with Crippen molar-refractivity contribution >= 4 is 28.9 Å². The highest BCUT2D eigenvalue weighted by molar-refractivity contribution is 6.47. The highest BCUT2D eigenvalue weighted by Gasteiger charge is 2.53. The van der Waals surface area contributed by atoms with Gasteiger partial charge < -0.3 is 24.3 Å². The Balaban J connectivity index is 1.49. The maximum Gasteiger partial charge on any atom is 0.310 e. The van der Waals surface area contributed by atoms with Gasteiger partial charge in [0.2, 0.25) is 12.6 Å². The van der Waals surface area contributed by atoms with Gasteiger partial charge in [0.15, 0.2) is 17.3 Å². The molecule has 2 heterocycles. The summed E-state index contributed by atoms with van der Waals surface area (Å²) in [5.41, 5.74) is 2.55. The zero-order valence-corrected chi connectivity index (χ0v) is 19.5. The van der Waals surface area contributed by atoms with Crippen LogP contribution in [0.3, 0.4) is 0 Å². The van der Waals surface area contributed by atoms with Crippen molar-refractivity contribution in [3.63, 3.8) is 0 Å². The highest BCUT2D eigenvalue weighted by atomic mass is 16.7. The molecule has 1 N–H and O–H groups in total. The number of hydrogen-bond acceptors (Lipinski definition) is 10. The number of nitro benzene ring substituents is 1. The maximum atomic E-state index is 13.1. The number of esters is 1. The molecular formula is C26H20N2O9. The Morgan fingerprint density at radius 2 is 1.70 bits per heavy atom. The Bertz CT molecular complexity index is 1430. The third-order valence-electron chi connectivity index (χ3n) is 7.21. The van der Waals surface area contributed by atoms with Crippen molar-refractivity contribution < 1.29 is 38.3 Å². The third kappa shape index (κ3) is 3.62.